The molecule has 1 aliphatic carbocycles. The predicted octanol–water partition coefficient (Wildman–Crippen LogP) is 12.8. The number of allylic oxidation sites excluding steroid dienone is 9. The first kappa shape index (κ1) is 29.9. The van der Waals surface area contributed by atoms with Crippen LogP contribution in [0.4, 0.5) is 0 Å². The van der Waals surface area contributed by atoms with Crippen LogP contribution in [0.5, 0.6) is 0 Å². The zero-order chi connectivity index (χ0) is 31.3. The van der Waals surface area contributed by atoms with Crippen molar-refractivity contribution in [2.24, 2.45) is 0 Å². The Balaban J connectivity index is 0.00000175. The molecule has 0 N–H and O–H groups in total. The van der Waals surface area contributed by atoms with Crippen LogP contribution in [-0.2, 0) is 4.74 Å². The zero-order valence-electron chi connectivity index (χ0n) is 26.7. The molecular weight excluding hydrogens is 544 g/mol. The molecule has 0 atom stereocenters. The van der Waals surface area contributed by atoms with Crippen LogP contribution in [0.1, 0.15) is 50.3 Å². The van der Waals surface area contributed by atoms with Crippen molar-refractivity contribution < 1.29 is 4.74 Å². The highest BCUT2D eigenvalue weighted by Gasteiger charge is 2.19. The Bertz CT molecular complexity index is 2020. The fourth-order valence-electron chi connectivity index (χ4n) is 6.49. The van der Waals surface area contributed by atoms with E-state index in [1.165, 1.54) is 60.5 Å². The number of hydrogen-bond donors (Lipinski definition) is 0. The molecule has 5 aromatic carbocycles. The van der Waals surface area contributed by atoms with Gasteiger partial charge >= 0.3 is 0 Å². The van der Waals surface area contributed by atoms with E-state index in [0.717, 1.165) is 35.3 Å². The average Bonchev–Trinajstić information content (AvgIpc) is 3.08. The molecule has 1 aliphatic heterocycles. The molecule has 0 bridgehead atoms. The van der Waals surface area contributed by atoms with Gasteiger partial charge in [0.1, 0.15) is 5.76 Å². The van der Waals surface area contributed by atoms with Crippen molar-refractivity contribution in [1.82, 2.24) is 0 Å². The van der Waals surface area contributed by atoms with E-state index in [9.17, 15) is 0 Å². The molecule has 0 saturated carbocycles. The van der Waals surface area contributed by atoms with E-state index in [-0.39, 0.29) is 0 Å². The lowest BCUT2D eigenvalue weighted by atomic mass is 9.84. The Hall–Kier alpha value is -5.14. The van der Waals surface area contributed by atoms with Crippen LogP contribution < -0.4 is 0 Å². The summed E-state index contributed by atoms with van der Waals surface area (Å²) in [6.45, 7) is 12.7. The van der Waals surface area contributed by atoms with Gasteiger partial charge in [0.15, 0.2) is 0 Å². The van der Waals surface area contributed by atoms with Crippen molar-refractivity contribution in [3.63, 3.8) is 0 Å². The van der Waals surface area contributed by atoms with Gasteiger partial charge in [0, 0.05) is 12.0 Å². The van der Waals surface area contributed by atoms with Crippen molar-refractivity contribution in [2.45, 2.75) is 40.5 Å². The van der Waals surface area contributed by atoms with Gasteiger partial charge in [0.25, 0.3) is 0 Å². The Labute approximate surface area is 267 Å². The van der Waals surface area contributed by atoms with Gasteiger partial charge in [-0.15, -0.1) is 0 Å². The Morgan fingerprint density at radius 3 is 2.04 bits per heavy atom. The molecule has 1 heterocycles. The normalized spacial score (nSPS) is 16.4. The number of hydrogen-bond acceptors (Lipinski definition) is 1. The molecule has 2 aliphatic rings. The monoisotopic (exact) mass is 584 g/mol. The largest absolute Gasteiger partial charge is 0.469 e. The number of fused-ring (bicyclic) bond motifs is 2. The third kappa shape index (κ3) is 5.75. The summed E-state index contributed by atoms with van der Waals surface area (Å²) in [5.41, 5.74) is 11.8. The van der Waals surface area contributed by atoms with Crippen LogP contribution in [0.25, 0.3) is 55.4 Å². The lowest BCUT2D eigenvalue weighted by Gasteiger charge is -2.21. The topological polar surface area (TPSA) is 9.23 Å². The maximum Gasteiger partial charge on any atom is 0.111 e. The first-order valence-electron chi connectivity index (χ1n) is 16.0. The molecule has 5 aromatic rings. The van der Waals surface area contributed by atoms with E-state index in [4.69, 9.17) is 4.74 Å². The summed E-state index contributed by atoms with van der Waals surface area (Å²) in [5, 5.41) is 4.88. The average molecular weight is 585 g/mol. The van der Waals surface area contributed by atoms with Gasteiger partial charge in [0.05, 0.1) is 6.26 Å². The third-order valence-corrected chi connectivity index (χ3v) is 8.59. The maximum absolute atomic E-state index is 6.15. The molecule has 222 valence electrons. The van der Waals surface area contributed by atoms with Gasteiger partial charge in [-0.05, 0) is 116 Å². The van der Waals surface area contributed by atoms with Crippen molar-refractivity contribution in [3.05, 3.63) is 168 Å². The second kappa shape index (κ2) is 13.2. The second-order valence-electron chi connectivity index (χ2n) is 11.3. The first-order valence-corrected chi connectivity index (χ1v) is 16.0. The van der Waals surface area contributed by atoms with Crippen LogP contribution in [-0.4, -0.2) is 0 Å². The molecule has 0 fully saturated rings. The van der Waals surface area contributed by atoms with Gasteiger partial charge in [-0.25, -0.2) is 0 Å². The fourth-order valence-corrected chi connectivity index (χ4v) is 6.49. The Morgan fingerprint density at radius 1 is 0.711 bits per heavy atom. The van der Waals surface area contributed by atoms with Gasteiger partial charge < -0.3 is 4.74 Å². The molecule has 0 aromatic heterocycles. The van der Waals surface area contributed by atoms with Crippen molar-refractivity contribution >= 4 is 33.2 Å². The Kier molecular flexibility index (Phi) is 8.80. The summed E-state index contributed by atoms with van der Waals surface area (Å²) >= 11 is 0. The number of ether oxygens (including phenoxy) is 1. The molecule has 0 unspecified atom stereocenters. The van der Waals surface area contributed by atoms with E-state index in [0.29, 0.717) is 0 Å². The molecule has 0 amide bonds. The van der Waals surface area contributed by atoms with Crippen LogP contribution in [0.3, 0.4) is 0 Å². The molecule has 1 heteroatoms. The van der Waals surface area contributed by atoms with Crippen LogP contribution in [0, 0.1) is 6.92 Å². The molecular formula is C44H40O. The van der Waals surface area contributed by atoms with Crippen molar-refractivity contribution in [1.29, 1.82) is 0 Å². The smallest absolute Gasteiger partial charge is 0.111 e. The van der Waals surface area contributed by atoms with Crippen LogP contribution >= 0.6 is 0 Å². The highest BCUT2D eigenvalue weighted by Crippen LogP contribution is 2.44. The van der Waals surface area contributed by atoms with E-state index in [1.807, 2.05) is 20.1 Å². The summed E-state index contributed by atoms with van der Waals surface area (Å²) < 4.78 is 6.15. The summed E-state index contributed by atoms with van der Waals surface area (Å²) in [4.78, 5) is 0. The van der Waals surface area contributed by atoms with E-state index >= 15 is 0 Å². The Morgan fingerprint density at radius 2 is 1.36 bits per heavy atom. The molecule has 1 nitrogen and oxygen atoms in total. The van der Waals surface area contributed by atoms with E-state index in [1.54, 1.807) is 0 Å². The van der Waals surface area contributed by atoms with Crippen LogP contribution in [0.2, 0.25) is 0 Å². The van der Waals surface area contributed by atoms with Gasteiger partial charge in [-0.1, -0.05) is 124 Å². The summed E-state index contributed by atoms with van der Waals surface area (Å²) in [5.74, 6) is 0.996. The molecule has 45 heavy (non-hydrogen) atoms. The minimum atomic E-state index is 0.900. The standard InChI is InChI=1S/C42H34O.C2H6/c1-4-12-30-26-32(22-21-28(30)2)31-13-11-14-33(27-31)41-36-16-5-7-18-38(36)42(39-19-8-6-17-37(39)41)34-23-24-43-40-20-10-9-15-35(40)29(3)25-34;1-2/h4-9,11-19,21-27H,3,10,20H2,1-2H3;1-2H3/b12-4-,24-23-,34-25+;. The molecule has 7 rings (SSSR count). The fraction of sp³-hybridized carbons (Fsp3) is 0.136. The van der Waals surface area contributed by atoms with Crippen LogP contribution in [0.15, 0.2) is 151 Å². The zero-order valence-corrected chi connectivity index (χ0v) is 26.7. The summed E-state index contributed by atoms with van der Waals surface area (Å²) in [6, 6.07) is 33.3. The maximum atomic E-state index is 6.15. The first-order chi connectivity index (χ1) is 22.1. The second-order valence-corrected chi connectivity index (χ2v) is 11.3. The van der Waals surface area contributed by atoms with Gasteiger partial charge in [-0.2, -0.15) is 0 Å². The third-order valence-electron chi connectivity index (χ3n) is 8.59. The minimum Gasteiger partial charge on any atom is -0.469 e. The summed E-state index contributed by atoms with van der Waals surface area (Å²) in [6.07, 6.45) is 16.7. The lowest BCUT2D eigenvalue weighted by Crippen LogP contribution is -2.01. The molecule has 0 radical (unpaired) electrons. The van der Waals surface area contributed by atoms with E-state index < -0.39 is 0 Å². The quantitative estimate of drug-likeness (QED) is 0.191. The van der Waals surface area contributed by atoms with Crippen molar-refractivity contribution in [2.75, 3.05) is 0 Å². The number of rotatable bonds is 4. The molecule has 0 spiro atoms. The number of benzene rings is 5. The SMILES string of the molecule is C=C1/C=C(c2c3ccccc3c(-c3cccc(-c4ccc(C)c(/C=C\C)c4)c3)c3ccccc23)\C=C/OC2=C1C=CCC2.CC. The minimum absolute atomic E-state index is 0.900. The van der Waals surface area contributed by atoms with Crippen molar-refractivity contribution in [3.8, 4) is 22.3 Å². The summed E-state index contributed by atoms with van der Waals surface area (Å²) in [7, 11) is 0. The highest BCUT2D eigenvalue weighted by atomic mass is 16.5. The number of aryl methyl sites for hydroxylation is 1. The molecule has 0 saturated heterocycles. The predicted molar refractivity (Wildman–Crippen MR) is 196 cm³/mol. The lowest BCUT2D eigenvalue weighted by molar-refractivity contribution is 0.329. The highest BCUT2D eigenvalue weighted by molar-refractivity contribution is 6.19. The van der Waals surface area contributed by atoms with Gasteiger partial charge in [-0.3, -0.25) is 0 Å². The van der Waals surface area contributed by atoms with Gasteiger partial charge in [0.2, 0.25) is 0 Å². The van der Waals surface area contributed by atoms with E-state index in [2.05, 4.69) is 148 Å².